The van der Waals surface area contributed by atoms with Crippen molar-refractivity contribution in [3.05, 3.63) is 57.2 Å². The van der Waals surface area contributed by atoms with Gasteiger partial charge in [-0.1, -0.05) is 35.5 Å². The van der Waals surface area contributed by atoms with Crippen molar-refractivity contribution in [1.82, 2.24) is 15.5 Å². The van der Waals surface area contributed by atoms with Crippen LogP contribution in [0.3, 0.4) is 0 Å². The minimum atomic E-state index is -0.0529. The summed E-state index contributed by atoms with van der Waals surface area (Å²) in [4.78, 5) is 17.8. The van der Waals surface area contributed by atoms with Crippen LogP contribution in [0.4, 0.5) is 0 Å². The van der Waals surface area contributed by atoms with Crippen molar-refractivity contribution in [2.45, 2.75) is 39.2 Å². The second kappa shape index (κ2) is 8.24. The summed E-state index contributed by atoms with van der Waals surface area (Å²) in [5, 5.41) is 8.23. The summed E-state index contributed by atoms with van der Waals surface area (Å²) in [5.41, 5.74) is 3.80. The molecule has 0 bridgehead atoms. The van der Waals surface area contributed by atoms with Gasteiger partial charge in [-0.05, 0) is 26.7 Å². The number of thiazole rings is 1. The van der Waals surface area contributed by atoms with E-state index in [1.54, 1.807) is 0 Å². The van der Waals surface area contributed by atoms with E-state index in [-0.39, 0.29) is 11.9 Å². The Kier molecular flexibility index (Phi) is 5.54. The molecule has 3 aromatic rings. The Balaban J connectivity index is 1.46. The molecule has 1 aliphatic heterocycles. The van der Waals surface area contributed by atoms with Crippen LogP contribution in [0.15, 0.2) is 34.9 Å². The molecule has 6 nitrogen and oxygen atoms in total. The standard InChI is InChI=1S/C21H23N3O3S/c1-13-20(21(25)23-16-10-11-26-12-16)28-18(22-13)9-8-17-14(2)27-24-19(17)15-6-4-3-5-7-15/h3-7,16H,8-12H2,1-2H3,(H,23,25). The van der Waals surface area contributed by atoms with Crippen molar-refractivity contribution in [1.29, 1.82) is 0 Å². The van der Waals surface area contributed by atoms with E-state index in [2.05, 4.69) is 15.5 Å². The summed E-state index contributed by atoms with van der Waals surface area (Å²) < 4.78 is 10.8. The van der Waals surface area contributed by atoms with Gasteiger partial charge in [-0.3, -0.25) is 4.79 Å². The maximum Gasteiger partial charge on any atom is 0.263 e. The van der Waals surface area contributed by atoms with Crippen molar-refractivity contribution < 1.29 is 14.1 Å². The summed E-state index contributed by atoms with van der Waals surface area (Å²) in [6, 6.07) is 10.1. The minimum Gasteiger partial charge on any atom is -0.379 e. The first-order valence-electron chi connectivity index (χ1n) is 9.47. The Labute approximate surface area is 167 Å². The van der Waals surface area contributed by atoms with Gasteiger partial charge in [-0.2, -0.15) is 0 Å². The molecule has 1 fully saturated rings. The maximum atomic E-state index is 12.5. The number of nitrogens with one attached hydrogen (secondary N) is 1. The molecular formula is C21H23N3O3S. The van der Waals surface area contributed by atoms with Gasteiger partial charge in [0.05, 0.1) is 23.4 Å². The largest absolute Gasteiger partial charge is 0.379 e. The Morgan fingerprint density at radius 3 is 2.82 bits per heavy atom. The van der Waals surface area contributed by atoms with Gasteiger partial charge >= 0.3 is 0 Å². The van der Waals surface area contributed by atoms with Gasteiger partial charge in [-0.25, -0.2) is 4.98 Å². The third-order valence-electron chi connectivity index (χ3n) is 4.93. The molecule has 1 saturated heterocycles. The van der Waals surface area contributed by atoms with Crippen molar-refractivity contribution in [2.24, 2.45) is 0 Å². The van der Waals surface area contributed by atoms with E-state index in [1.165, 1.54) is 11.3 Å². The van der Waals surface area contributed by atoms with Gasteiger partial charge in [-0.15, -0.1) is 11.3 Å². The molecule has 0 aliphatic carbocycles. The number of amides is 1. The number of carbonyl (C=O) groups excluding carboxylic acids is 1. The van der Waals surface area contributed by atoms with Crippen LogP contribution in [0.2, 0.25) is 0 Å². The van der Waals surface area contributed by atoms with E-state index in [0.29, 0.717) is 18.1 Å². The number of benzene rings is 1. The molecule has 0 spiro atoms. The Morgan fingerprint density at radius 2 is 2.07 bits per heavy atom. The smallest absolute Gasteiger partial charge is 0.263 e. The fourth-order valence-electron chi connectivity index (χ4n) is 3.41. The molecule has 4 rings (SSSR count). The average Bonchev–Trinajstić information content (AvgIpc) is 3.42. The van der Waals surface area contributed by atoms with E-state index in [9.17, 15) is 4.79 Å². The lowest BCUT2D eigenvalue weighted by molar-refractivity contribution is 0.0933. The number of hydrogen-bond acceptors (Lipinski definition) is 6. The van der Waals surface area contributed by atoms with Crippen LogP contribution in [0, 0.1) is 13.8 Å². The van der Waals surface area contributed by atoms with Crippen LogP contribution < -0.4 is 5.32 Å². The van der Waals surface area contributed by atoms with Gasteiger partial charge in [0.15, 0.2) is 0 Å². The zero-order valence-corrected chi connectivity index (χ0v) is 16.8. The molecular weight excluding hydrogens is 374 g/mol. The van der Waals surface area contributed by atoms with Crippen molar-refractivity contribution in [2.75, 3.05) is 13.2 Å². The summed E-state index contributed by atoms with van der Waals surface area (Å²) in [7, 11) is 0. The fraction of sp³-hybridized carbons (Fsp3) is 0.381. The Bertz CT molecular complexity index is 959. The fourth-order valence-corrected chi connectivity index (χ4v) is 4.38. The molecule has 1 aromatic carbocycles. The molecule has 1 atom stereocenters. The number of ether oxygens (including phenoxy) is 1. The molecule has 0 radical (unpaired) electrons. The van der Waals surface area contributed by atoms with Crippen LogP contribution in [0.1, 0.15) is 38.1 Å². The lowest BCUT2D eigenvalue weighted by Gasteiger charge is -2.09. The monoisotopic (exact) mass is 397 g/mol. The predicted molar refractivity (Wildman–Crippen MR) is 108 cm³/mol. The second-order valence-corrected chi connectivity index (χ2v) is 8.07. The van der Waals surface area contributed by atoms with E-state index < -0.39 is 0 Å². The van der Waals surface area contributed by atoms with Crippen molar-refractivity contribution in [3.8, 4) is 11.3 Å². The third kappa shape index (κ3) is 4.00. The Hall–Kier alpha value is -2.51. The number of nitrogens with zero attached hydrogens (tertiary/aromatic N) is 2. The maximum absolute atomic E-state index is 12.5. The normalized spacial score (nSPS) is 16.4. The first kappa shape index (κ1) is 18.8. The van der Waals surface area contributed by atoms with Crippen LogP contribution in [0.5, 0.6) is 0 Å². The molecule has 2 aromatic heterocycles. The van der Waals surface area contributed by atoms with Gasteiger partial charge in [0.1, 0.15) is 16.3 Å². The van der Waals surface area contributed by atoms with Gasteiger partial charge in [0, 0.05) is 24.2 Å². The average molecular weight is 398 g/mol. The highest BCUT2D eigenvalue weighted by Gasteiger charge is 2.22. The summed E-state index contributed by atoms with van der Waals surface area (Å²) >= 11 is 1.47. The lowest BCUT2D eigenvalue weighted by atomic mass is 10.0. The molecule has 7 heteroatoms. The van der Waals surface area contributed by atoms with Crippen molar-refractivity contribution >= 4 is 17.2 Å². The van der Waals surface area contributed by atoms with Gasteiger partial charge in [0.25, 0.3) is 5.91 Å². The first-order chi connectivity index (χ1) is 13.6. The molecule has 28 heavy (non-hydrogen) atoms. The number of carbonyl (C=O) groups is 1. The summed E-state index contributed by atoms with van der Waals surface area (Å²) in [5.74, 6) is 0.772. The van der Waals surface area contributed by atoms with Crippen molar-refractivity contribution in [3.63, 3.8) is 0 Å². The Morgan fingerprint density at radius 1 is 1.25 bits per heavy atom. The topological polar surface area (TPSA) is 77.2 Å². The van der Waals surface area contributed by atoms with Crippen LogP contribution in [0.25, 0.3) is 11.3 Å². The quantitative estimate of drug-likeness (QED) is 0.686. The highest BCUT2D eigenvalue weighted by Crippen LogP contribution is 2.27. The van der Waals surface area contributed by atoms with E-state index in [1.807, 2.05) is 44.2 Å². The zero-order valence-electron chi connectivity index (χ0n) is 16.0. The molecule has 146 valence electrons. The number of hydrogen-bond donors (Lipinski definition) is 1. The van der Waals surface area contributed by atoms with Crippen LogP contribution in [-0.4, -0.2) is 35.3 Å². The summed E-state index contributed by atoms with van der Waals surface area (Å²) in [6.45, 7) is 5.12. The van der Waals surface area contributed by atoms with E-state index in [0.717, 1.165) is 52.5 Å². The highest BCUT2D eigenvalue weighted by molar-refractivity contribution is 7.13. The predicted octanol–water partition coefficient (Wildman–Crippen LogP) is 3.72. The summed E-state index contributed by atoms with van der Waals surface area (Å²) in [6.07, 6.45) is 2.38. The number of aryl methyl sites for hydroxylation is 3. The lowest BCUT2D eigenvalue weighted by Crippen LogP contribution is -2.34. The van der Waals surface area contributed by atoms with Crippen LogP contribution >= 0.6 is 11.3 Å². The van der Waals surface area contributed by atoms with E-state index >= 15 is 0 Å². The van der Waals surface area contributed by atoms with Gasteiger partial charge < -0.3 is 14.6 Å². The molecule has 3 heterocycles. The minimum absolute atomic E-state index is 0.0529. The molecule has 1 N–H and O–H groups in total. The molecule has 1 amide bonds. The SMILES string of the molecule is Cc1nc(CCc2c(-c3ccccc3)noc2C)sc1C(=O)NC1CCOC1. The molecule has 1 unspecified atom stereocenters. The van der Waals surface area contributed by atoms with Crippen LogP contribution in [-0.2, 0) is 17.6 Å². The first-order valence-corrected chi connectivity index (χ1v) is 10.3. The number of rotatable bonds is 6. The zero-order chi connectivity index (χ0) is 19.5. The number of aromatic nitrogens is 2. The van der Waals surface area contributed by atoms with E-state index in [4.69, 9.17) is 9.26 Å². The van der Waals surface area contributed by atoms with Gasteiger partial charge in [0.2, 0.25) is 0 Å². The third-order valence-corrected chi connectivity index (χ3v) is 6.15. The second-order valence-electron chi connectivity index (χ2n) is 6.99. The highest BCUT2D eigenvalue weighted by atomic mass is 32.1. The molecule has 1 aliphatic rings. The molecule has 0 saturated carbocycles.